The van der Waals surface area contributed by atoms with Gasteiger partial charge in [0, 0.05) is 16.5 Å². The van der Waals surface area contributed by atoms with Crippen LogP contribution >= 0.6 is 11.9 Å². The topological polar surface area (TPSA) is 51.6 Å². The van der Waals surface area contributed by atoms with Crippen LogP contribution in [0, 0.1) is 11.3 Å². The molecular formula is C21H15N3S. The lowest BCUT2D eigenvalue weighted by molar-refractivity contribution is 1.40. The van der Waals surface area contributed by atoms with E-state index < -0.39 is 0 Å². The van der Waals surface area contributed by atoms with E-state index in [1.165, 1.54) is 23.1 Å². The second-order valence-corrected chi connectivity index (χ2v) is 6.56. The number of fused-ring (bicyclic) bond motifs is 1. The number of nitrogens with one attached hydrogen (secondary N) is 2. The Bertz CT molecular complexity index is 1060. The number of rotatable bonds is 4. The third kappa shape index (κ3) is 3.23. The molecule has 0 spiro atoms. The van der Waals surface area contributed by atoms with Crippen LogP contribution in [0.1, 0.15) is 5.56 Å². The van der Waals surface area contributed by atoms with E-state index in [1.54, 1.807) is 0 Å². The summed E-state index contributed by atoms with van der Waals surface area (Å²) in [6.07, 6.45) is 1.95. The molecule has 2 N–H and O–H groups in total. The number of aromatic amines is 1. The van der Waals surface area contributed by atoms with E-state index in [1.807, 2.05) is 48.7 Å². The lowest BCUT2D eigenvalue weighted by Gasteiger charge is -2.10. The average Bonchev–Trinajstić information content (AvgIpc) is 3.15. The van der Waals surface area contributed by atoms with Crippen LogP contribution in [0.4, 0.5) is 5.69 Å². The van der Waals surface area contributed by atoms with Crippen molar-refractivity contribution in [3.63, 3.8) is 0 Å². The second kappa shape index (κ2) is 6.76. The zero-order valence-electron chi connectivity index (χ0n) is 13.4. The number of hydrogen-bond donors (Lipinski definition) is 2. The van der Waals surface area contributed by atoms with Gasteiger partial charge in [0.25, 0.3) is 0 Å². The molecule has 0 aliphatic rings. The van der Waals surface area contributed by atoms with Gasteiger partial charge in [-0.2, -0.15) is 5.26 Å². The number of hydrogen-bond acceptors (Lipinski definition) is 3. The number of H-pyrrole nitrogens is 1. The predicted molar refractivity (Wildman–Crippen MR) is 104 cm³/mol. The SMILES string of the molecule is N#Cc1cccc(SNc2cc(-c3ccccc3)cc3cc[nH]c23)c1. The van der Waals surface area contributed by atoms with Crippen molar-refractivity contribution in [2.75, 3.05) is 4.72 Å². The smallest absolute Gasteiger partial charge is 0.0992 e. The van der Waals surface area contributed by atoms with Crippen LogP contribution in [0.5, 0.6) is 0 Å². The molecule has 4 aromatic rings. The molecule has 4 heteroatoms. The number of nitrogens with zero attached hydrogens (tertiary/aromatic N) is 1. The Labute approximate surface area is 150 Å². The zero-order valence-corrected chi connectivity index (χ0v) is 14.2. The minimum Gasteiger partial charge on any atom is -0.359 e. The third-order valence-corrected chi connectivity index (χ3v) is 4.82. The van der Waals surface area contributed by atoms with E-state index in [9.17, 15) is 0 Å². The first-order valence-corrected chi connectivity index (χ1v) is 8.75. The number of aromatic nitrogens is 1. The molecule has 25 heavy (non-hydrogen) atoms. The van der Waals surface area contributed by atoms with E-state index in [0.29, 0.717) is 5.56 Å². The molecule has 0 amide bonds. The van der Waals surface area contributed by atoms with Crippen molar-refractivity contribution in [2.45, 2.75) is 4.90 Å². The predicted octanol–water partition coefficient (Wildman–Crippen LogP) is 5.83. The van der Waals surface area contributed by atoms with Crippen LogP contribution in [0.2, 0.25) is 0 Å². The Morgan fingerprint density at radius 3 is 2.60 bits per heavy atom. The van der Waals surface area contributed by atoms with Crippen LogP contribution < -0.4 is 4.72 Å². The molecule has 0 saturated carbocycles. The van der Waals surface area contributed by atoms with Crippen LogP contribution in [-0.2, 0) is 0 Å². The van der Waals surface area contributed by atoms with E-state index in [-0.39, 0.29) is 0 Å². The summed E-state index contributed by atoms with van der Waals surface area (Å²) in [4.78, 5) is 4.30. The van der Waals surface area contributed by atoms with Crippen molar-refractivity contribution in [1.82, 2.24) is 4.98 Å². The van der Waals surface area contributed by atoms with E-state index >= 15 is 0 Å². The van der Waals surface area contributed by atoms with E-state index in [2.05, 4.69) is 46.1 Å². The summed E-state index contributed by atoms with van der Waals surface area (Å²) in [6, 6.07) is 26.5. The van der Waals surface area contributed by atoms with Gasteiger partial charge in [-0.15, -0.1) is 0 Å². The maximum absolute atomic E-state index is 9.04. The molecule has 0 unspecified atom stereocenters. The van der Waals surface area contributed by atoms with Crippen LogP contribution in [0.15, 0.2) is 83.9 Å². The summed E-state index contributed by atoms with van der Waals surface area (Å²) in [7, 11) is 0. The largest absolute Gasteiger partial charge is 0.359 e. The van der Waals surface area contributed by atoms with Crippen molar-refractivity contribution in [2.24, 2.45) is 0 Å². The lowest BCUT2D eigenvalue weighted by atomic mass is 10.0. The Morgan fingerprint density at radius 2 is 1.76 bits per heavy atom. The van der Waals surface area contributed by atoms with Crippen LogP contribution in [0.3, 0.4) is 0 Å². The number of anilines is 1. The van der Waals surface area contributed by atoms with Crippen LogP contribution in [-0.4, -0.2) is 4.98 Å². The molecule has 1 heterocycles. The maximum atomic E-state index is 9.04. The highest BCUT2D eigenvalue weighted by molar-refractivity contribution is 8.00. The Hall–Kier alpha value is -3.16. The quantitative estimate of drug-likeness (QED) is 0.459. The lowest BCUT2D eigenvalue weighted by Crippen LogP contribution is -1.90. The Morgan fingerprint density at radius 1 is 0.880 bits per heavy atom. The third-order valence-electron chi connectivity index (χ3n) is 4.01. The maximum Gasteiger partial charge on any atom is 0.0992 e. The first-order valence-electron chi connectivity index (χ1n) is 7.93. The summed E-state index contributed by atoms with van der Waals surface area (Å²) in [6.45, 7) is 0. The molecular weight excluding hydrogens is 326 g/mol. The number of nitriles is 1. The minimum absolute atomic E-state index is 0.662. The van der Waals surface area contributed by atoms with Gasteiger partial charge in [-0.1, -0.05) is 36.4 Å². The normalized spacial score (nSPS) is 10.5. The molecule has 120 valence electrons. The second-order valence-electron chi connectivity index (χ2n) is 5.68. The minimum atomic E-state index is 0.662. The zero-order chi connectivity index (χ0) is 17.1. The highest BCUT2D eigenvalue weighted by Crippen LogP contribution is 2.33. The van der Waals surface area contributed by atoms with Gasteiger partial charge >= 0.3 is 0 Å². The summed E-state index contributed by atoms with van der Waals surface area (Å²) in [5, 5.41) is 10.2. The molecule has 0 bridgehead atoms. The van der Waals surface area contributed by atoms with Gasteiger partial charge in [-0.3, -0.25) is 0 Å². The molecule has 0 atom stereocenters. The first-order chi connectivity index (χ1) is 12.3. The Balaban J connectivity index is 1.68. The fourth-order valence-corrected chi connectivity index (χ4v) is 3.51. The molecule has 0 aliphatic carbocycles. The first kappa shape index (κ1) is 15.4. The van der Waals surface area contributed by atoms with Gasteiger partial charge in [0.2, 0.25) is 0 Å². The summed E-state index contributed by atoms with van der Waals surface area (Å²) in [5.74, 6) is 0. The van der Waals surface area contributed by atoms with Gasteiger partial charge in [-0.05, 0) is 59.5 Å². The van der Waals surface area contributed by atoms with Crippen LogP contribution in [0.25, 0.3) is 22.0 Å². The van der Waals surface area contributed by atoms with E-state index in [0.717, 1.165) is 21.5 Å². The molecule has 3 aromatic carbocycles. The molecule has 0 fully saturated rings. The summed E-state index contributed by atoms with van der Waals surface area (Å²) >= 11 is 1.50. The van der Waals surface area contributed by atoms with Gasteiger partial charge in [0.15, 0.2) is 0 Å². The molecule has 0 radical (unpaired) electrons. The Kier molecular flexibility index (Phi) is 4.16. The molecule has 4 rings (SSSR count). The molecule has 0 aliphatic heterocycles. The summed E-state index contributed by atoms with van der Waals surface area (Å²) < 4.78 is 3.43. The average molecular weight is 341 g/mol. The fraction of sp³-hybridized carbons (Fsp3) is 0. The highest BCUT2D eigenvalue weighted by Gasteiger charge is 2.07. The standard InChI is InChI=1S/C21H15N3S/c22-14-15-5-4-8-19(11-15)25-24-20-13-18(16-6-2-1-3-7-16)12-17-9-10-23-21(17)20/h1-13,23-24H. The van der Waals surface area contributed by atoms with Crippen molar-refractivity contribution < 1.29 is 0 Å². The summed E-state index contributed by atoms with van der Waals surface area (Å²) in [5.41, 5.74) is 5.11. The van der Waals surface area contributed by atoms with Gasteiger partial charge in [-0.25, -0.2) is 0 Å². The van der Waals surface area contributed by atoms with Crippen molar-refractivity contribution in [3.05, 3.63) is 84.6 Å². The fourth-order valence-electron chi connectivity index (χ4n) is 2.79. The monoisotopic (exact) mass is 341 g/mol. The van der Waals surface area contributed by atoms with Crippen molar-refractivity contribution in [3.8, 4) is 17.2 Å². The molecule has 3 nitrogen and oxygen atoms in total. The van der Waals surface area contributed by atoms with Gasteiger partial charge in [0.05, 0.1) is 22.8 Å². The van der Waals surface area contributed by atoms with Gasteiger partial charge < -0.3 is 9.71 Å². The van der Waals surface area contributed by atoms with Crippen molar-refractivity contribution in [1.29, 1.82) is 5.26 Å². The molecule has 0 saturated heterocycles. The molecule has 1 aromatic heterocycles. The number of benzene rings is 3. The van der Waals surface area contributed by atoms with Crippen molar-refractivity contribution >= 4 is 28.5 Å². The highest BCUT2D eigenvalue weighted by atomic mass is 32.2. The van der Waals surface area contributed by atoms with E-state index in [4.69, 9.17) is 5.26 Å². The van der Waals surface area contributed by atoms with Gasteiger partial charge in [0.1, 0.15) is 0 Å².